The van der Waals surface area contributed by atoms with Gasteiger partial charge in [-0.25, -0.2) is 0 Å². The summed E-state index contributed by atoms with van der Waals surface area (Å²) in [7, 11) is 0. The molecule has 1 aromatic carbocycles. The summed E-state index contributed by atoms with van der Waals surface area (Å²) in [6.07, 6.45) is 0. The molecule has 0 saturated carbocycles. The van der Waals surface area contributed by atoms with Crippen LogP contribution in [0.4, 0.5) is 0 Å². The van der Waals surface area contributed by atoms with Crippen molar-refractivity contribution in [3.8, 4) is 0 Å². The van der Waals surface area contributed by atoms with Gasteiger partial charge in [0.05, 0.1) is 6.67 Å². The molecule has 0 aliphatic carbocycles. The molecule has 3 unspecified atom stereocenters. The summed E-state index contributed by atoms with van der Waals surface area (Å²) >= 11 is 0. The Labute approximate surface area is 115 Å². The van der Waals surface area contributed by atoms with E-state index in [2.05, 4.69) is 41.8 Å². The summed E-state index contributed by atoms with van der Waals surface area (Å²) in [6, 6.07) is 7.21. The van der Waals surface area contributed by atoms with Gasteiger partial charge in [0.1, 0.15) is 0 Å². The van der Waals surface area contributed by atoms with E-state index < -0.39 is 0 Å². The Morgan fingerprint density at radius 2 is 1.84 bits per heavy atom. The minimum absolute atomic E-state index is 0.164. The first kappa shape index (κ1) is 11.9. The van der Waals surface area contributed by atoms with Crippen molar-refractivity contribution in [2.45, 2.75) is 25.3 Å². The van der Waals surface area contributed by atoms with Gasteiger partial charge < -0.3 is 5.73 Å². The van der Waals surface area contributed by atoms with Gasteiger partial charge in [-0.3, -0.25) is 9.80 Å². The third kappa shape index (κ3) is 1.55. The van der Waals surface area contributed by atoms with Gasteiger partial charge in [0.15, 0.2) is 0 Å². The maximum Gasteiger partial charge on any atom is 0.0507 e. The van der Waals surface area contributed by atoms with Gasteiger partial charge in [0, 0.05) is 43.6 Å². The lowest BCUT2D eigenvalue weighted by Crippen LogP contribution is -2.77. The fraction of sp³-hybridized carbons (Fsp3) is 0.625. The van der Waals surface area contributed by atoms with Crippen LogP contribution in [0, 0.1) is 19.8 Å². The van der Waals surface area contributed by atoms with Gasteiger partial charge in [-0.15, -0.1) is 0 Å². The summed E-state index contributed by atoms with van der Waals surface area (Å²) in [4.78, 5) is 5.20. The van der Waals surface area contributed by atoms with E-state index >= 15 is 0 Å². The van der Waals surface area contributed by atoms with Crippen molar-refractivity contribution in [3.05, 3.63) is 34.9 Å². The molecule has 3 heteroatoms. The molecule has 4 heterocycles. The van der Waals surface area contributed by atoms with E-state index in [1.807, 2.05) is 0 Å². The standard InChI is InChI=1S/C16H23N3/c1-11-3-4-14(12(2)5-11)16-8-18-6-13(15(16)17)7-19(9-16)10-18/h3-5,13,15H,6-10,17H2,1-2H3. The molecule has 0 radical (unpaired) electrons. The average molecular weight is 257 g/mol. The minimum atomic E-state index is 0.164. The van der Waals surface area contributed by atoms with E-state index in [4.69, 9.17) is 5.73 Å². The van der Waals surface area contributed by atoms with Crippen molar-refractivity contribution in [3.63, 3.8) is 0 Å². The summed E-state index contributed by atoms with van der Waals surface area (Å²) in [6.45, 7) is 10.3. The van der Waals surface area contributed by atoms with Crippen LogP contribution in [0.2, 0.25) is 0 Å². The molecule has 2 N–H and O–H groups in total. The number of aryl methyl sites for hydroxylation is 2. The molecule has 4 aliphatic heterocycles. The fourth-order valence-electron chi connectivity index (χ4n) is 4.81. The normalized spacial score (nSPS) is 43.7. The average Bonchev–Trinajstić information content (AvgIpc) is 2.34. The van der Waals surface area contributed by atoms with Crippen LogP contribution in [0.5, 0.6) is 0 Å². The van der Waals surface area contributed by atoms with E-state index in [0.717, 1.165) is 19.8 Å². The molecule has 4 aliphatic rings. The third-order valence-electron chi connectivity index (χ3n) is 5.46. The molecule has 0 spiro atoms. The fourth-order valence-corrected chi connectivity index (χ4v) is 4.81. The van der Waals surface area contributed by atoms with Crippen LogP contribution in [0.15, 0.2) is 18.2 Å². The van der Waals surface area contributed by atoms with Crippen molar-refractivity contribution < 1.29 is 0 Å². The van der Waals surface area contributed by atoms with Gasteiger partial charge >= 0.3 is 0 Å². The zero-order chi connectivity index (χ0) is 13.2. The number of hydrogen-bond acceptors (Lipinski definition) is 3. The van der Waals surface area contributed by atoms with Gasteiger partial charge in [0.2, 0.25) is 0 Å². The molecule has 19 heavy (non-hydrogen) atoms. The lowest BCUT2D eigenvalue weighted by molar-refractivity contribution is -0.0993. The maximum atomic E-state index is 6.69. The largest absolute Gasteiger partial charge is 0.326 e. The molecule has 1 aromatic rings. The second-order valence-corrected chi connectivity index (χ2v) is 6.92. The smallest absolute Gasteiger partial charge is 0.0507 e. The number of piperidine rings is 2. The predicted molar refractivity (Wildman–Crippen MR) is 77.1 cm³/mol. The number of nitrogens with two attached hydrogens (primary N) is 1. The van der Waals surface area contributed by atoms with Crippen LogP contribution in [0.3, 0.4) is 0 Å². The van der Waals surface area contributed by atoms with Crippen molar-refractivity contribution in [2.24, 2.45) is 11.7 Å². The van der Waals surface area contributed by atoms with Crippen molar-refractivity contribution in [1.29, 1.82) is 0 Å². The van der Waals surface area contributed by atoms with Crippen molar-refractivity contribution in [2.75, 3.05) is 32.8 Å². The Kier molecular flexibility index (Phi) is 2.39. The number of hydrogen-bond donors (Lipinski definition) is 1. The van der Waals surface area contributed by atoms with Crippen LogP contribution in [0.25, 0.3) is 0 Å². The Morgan fingerprint density at radius 1 is 1.16 bits per heavy atom. The topological polar surface area (TPSA) is 32.5 Å². The maximum absolute atomic E-state index is 6.69. The quantitative estimate of drug-likeness (QED) is 0.817. The highest BCUT2D eigenvalue weighted by molar-refractivity contribution is 5.41. The molecule has 4 fully saturated rings. The zero-order valence-electron chi connectivity index (χ0n) is 11.9. The van der Waals surface area contributed by atoms with Gasteiger partial charge in [0.25, 0.3) is 0 Å². The first-order valence-corrected chi connectivity index (χ1v) is 7.36. The SMILES string of the molecule is Cc1ccc(C23CN4CC(CN(C4)C2)C3N)c(C)c1. The molecule has 3 nitrogen and oxygen atoms in total. The van der Waals surface area contributed by atoms with E-state index in [1.54, 1.807) is 0 Å². The monoisotopic (exact) mass is 257 g/mol. The molecular weight excluding hydrogens is 234 g/mol. The lowest BCUT2D eigenvalue weighted by atomic mass is 9.62. The van der Waals surface area contributed by atoms with E-state index in [-0.39, 0.29) is 5.41 Å². The number of rotatable bonds is 1. The molecule has 5 rings (SSSR count). The molecular formula is C16H23N3. The van der Waals surface area contributed by atoms with E-state index in [1.165, 1.54) is 29.8 Å². The summed E-state index contributed by atoms with van der Waals surface area (Å²) in [5.41, 5.74) is 11.1. The minimum Gasteiger partial charge on any atom is -0.326 e. The summed E-state index contributed by atoms with van der Waals surface area (Å²) in [5.74, 6) is 0.650. The first-order valence-electron chi connectivity index (χ1n) is 7.36. The highest BCUT2D eigenvalue weighted by atomic mass is 15.4. The van der Waals surface area contributed by atoms with Crippen LogP contribution < -0.4 is 5.73 Å². The van der Waals surface area contributed by atoms with Crippen LogP contribution in [0.1, 0.15) is 16.7 Å². The van der Waals surface area contributed by atoms with Crippen molar-refractivity contribution >= 4 is 0 Å². The second kappa shape index (κ2) is 3.81. The number of benzene rings is 1. The summed E-state index contributed by atoms with van der Waals surface area (Å²) < 4.78 is 0. The Hall–Kier alpha value is -0.900. The van der Waals surface area contributed by atoms with Crippen LogP contribution in [-0.2, 0) is 5.41 Å². The highest BCUT2D eigenvalue weighted by Crippen LogP contribution is 2.44. The van der Waals surface area contributed by atoms with Crippen molar-refractivity contribution in [1.82, 2.24) is 9.80 Å². The molecule has 0 aromatic heterocycles. The first-order chi connectivity index (χ1) is 9.08. The third-order valence-corrected chi connectivity index (χ3v) is 5.46. The van der Waals surface area contributed by atoms with Gasteiger partial charge in [-0.1, -0.05) is 23.8 Å². The second-order valence-electron chi connectivity index (χ2n) is 6.92. The molecule has 4 bridgehead atoms. The van der Waals surface area contributed by atoms with Gasteiger partial charge in [-0.05, 0) is 25.0 Å². The lowest BCUT2D eigenvalue weighted by Gasteiger charge is -2.63. The molecule has 4 saturated heterocycles. The summed E-state index contributed by atoms with van der Waals surface area (Å²) in [5, 5.41) is 0. The molecule has 0 amide bonds. The van der Waals surface area contributed by atoms with E-state index in [0.29, 0.717) is 12.0 Å². The Balaban J connectivity index is 1.83. The predicted octanol–water partition coefficient (Wildman–Crippen LogP) is 1.09. The van der Waals surface area contributed by atoms with Crippen LogP contribution >= 0.6 is 0 Å². The van der Waals surface area contributed by atoms with E-state index in [9.17, 15) is 0 Å². The number of nitrogens with zero attached hydrogens (tertiary/aromatic N) is 2. The molecule has 102 valence electrons. The zero-order valence-corrected chi connectivity index (χ0v) is 11.9. The highest BCUT2D eigenvalue weighted by Gasteiger charge is 2.55. The van der Waals surface area contributed by atoms with Gasteiger partial charge in [-0.2, -0.15) is 0 Å². The Morgan fingerprint density at radius 3 is 2.47 bits per heavy atom. The van der Waals surface area contributed by atoms with Crippen LogP contribution in [-0.4, -0.2) is 48.7 Å². The Bertz CT molecular complexity index is 511. The molecule has 3 atom stereocenters.